The van der Waals surface area contributed by atoms with Crippen LogP contribution in [0.2, 0.25) is 0 Å². The number of ether oxygens (including phenoxy) is 1. The van der Waals surface area contributed by atoms with Crippen molar-refractivity contribution in [2.24, 2.45) is 5.92 Å². The second-order valence-corrected chi connectivity index (χ2v) is 7.91. The lowest BCUT2D eigenvalue weighted by Crippen LogP contribution is -2.19. The Hall–Kier alpha value is -2.38. The molecule has 2 aromatic carbocycles. The molecule has 2 rings (SSSR count). The maximum atomic E-state index is 11.2. The first-order valence-electron chi connectivity index (χ1n) is 10.2. The largest absolute Gasteiger partial charge is 0.463 e. The zero-order valence-electron chi connectivity index (χ0n) is 19.1. The van der Waals surface area contributed by atoms with Crippen molar-refractivity contribution < 1.29 is 17.9 Å². The van der Waals surface area contributed by atoms with Crippen molar-refractivity contribution in [3.05, 3.63) is 60.2 Å². The molecule has 3 N–H and O–H groups in total. The van der Waals surface area contributed by atoms with Gasteiger partial charge in [0.15, 0.2) is 0 Å². The van der Waals surface area contributed by atoms with Crippen LogP contribution in [0.5, 0.6) is 0 Å². The van der Waals surface area contributed by atoms with Crippen LogP contribution in [0.15, 0.2) is 59.5 Å². The number of carbonyl (C=O) groups is 1. The Balaban J connectivity index is 0. The second-order valence-electron chi connectivity index (χ2n) is 6.06. The molecule has 0 heterocycles. The summed E-state index contributed by atoms with van der Waals surface area (Å²) in [5.41, 5.74) is 6.73. The third-order valence-corrected chi connectivity index (χ3v) is 5.52. The van der Waals surface area contributed by atoms with E-state index in [2.05, 4.69) is 30.2 Å². The normalized spacial score (nSPS) is 9.70. The van der Waals surface area contributed by atoms with Gasteiger partial charge in [-0.2, -0.15) is 0 Å². The Morgan fingerprint density at radius 3 is 1.90 bits per heavy atom. The summed E-state index contributed by atoms with van der Waals surface area (Å²) in [5, 5.41) is 0. The van der Waals surface area contributed by atoms with Crippen LogP contribution in [-0.2, 0) is 26.2 Å². The van der Waals surface area contributed by atoms with Crippen molar-refractivity contribution in [3.63, 3.8) is 0 Å². The topological polar surface area (TPSA) is 98.5 Å². The number of carbonyl (C=O) groups excluding carboxylic acids is 1. The molecule has 170 valence electrons. The van der Waals surface area contributed by atoms with Crippen LogP contribution in [0.4, 0.5) is 5.69 Å². The third-order valence-electron chi connectivity index (χ3n) is 4.03. The molecule has 30 heavy (non-hydrogen) atoms. The monoisotopic (exact) mass is 438 g/mol. The highest BCUT2D eigenvalue weighted by Gasteiger charge is 2.13. The van der Waals surface area contributed by atoms with Gasteiger partial charge in [-0.1, -0.05) is 89.9 Å². The SMILES string of the molecule is CC.CCC(C)CC.CNS(=O)(=O)c1ccccc1N.O=COCc1ccccc1. The average molecular weight is 439 g/mol. The molecule has 6 nitrogen and oxygen atoms in total. The highest BCUT2D eigenvalue weighted by Crippen LogP contribution is 2.15. The number of nitrogen functional groups attached to an aromatic ring is 1. The molecule has 0 atom stereocenters. The van der Waals surface area contributed by atoms with Gasteiger partial charge >= 0.3 is 0 Å². The fraction of sp³-hybridized carbons (Fsp3) is 0.435. The molecule has 0 aliphatic carbocycles. The fourth-order valence-electron chi connectivity index (χ4n) is 1.83. The number of para-hydroxylation sites is 1. The maximum Gasteiger partial charge on any atom is 0.293 e. The summed E-state index contributed by atoms with van der Waals surface area (Å²) in [6.07, 6.45) is 2.66. The van der Waals surface area contributed by atoms with Gasteiger partial charge in [0.05, 0.1) is 5.69 Å². The average Bonchev–Trinajstić information content (AvgIpc) is 2.80. The summed E-state index contributed by atoms with van der Waals surface area (Å²) in [5.74, 6) is 0.935. The fourth-order valence-corrected chi connectivity index (χ4v) is 2.68. The Labute approximate surface area is 182 Å². The van der Waals surface area contributed by atoms with Crippen molar-refractivity contribution in [2.45, 2.75) is 59.0 Å². The maximum absolute atomic E-state index is 11.2. The minimum absolute atomic E-state index is 0.118. The minimum atomic E-state index is -3.40. The van der Waals surface area contributed by atoms with Crippen molar-refractivity contribution in [1.82, 2.24) is 4.72 Å². The Bertz CT molecular complexity index is 762. The van der Waals surface area contributed by atoms with E-state index < -0.39 is 10.0 Å². The van der Waals surface area contributed by atoms with E-state index in [-0.39, 0.29) is 10.6 Å². The minimum Gasteiger partial charge on any atom is -0.463 e. The summed E-state index contributed by atoms with van der Waals surface area (Å²) >= 11 is 0. The standard InChI is InChI=1S/C8H8O2.C7H10N2O2S.C6H14.C2H6/c9-7-10-6-8-4-2-1-3-5-8;1-9-12(10,11)7-5-3-2-4-6(7)8;1-4-6(3)5-2;1-2/h1-5,7H,6H2;2-5,9H,8H2,1H3;6H,4-5H2,1-3H3;1-2H3. The highest BCUT2D eigenvalue weighted by molar-refractivity contribution is 7.89. The van der Waals surface area contributed by atoms with Crippen molar-refractivity contribution in [2.75, 3.05) is 12.8 Å². The molecule has 0 radical (unpaired) electrons. The van der Waals surface area contributed by atoms with Gasteiger partial charge in [-0.05, 0) is 30.7 Å². The van der Waals surface area contributed by atoms with Crippen LogP contribution in [0, 0.1) is 5.92 Å². The van der Waals surface area contributed by atoms with E-state index in [0.717, 1.165) is 11.5 Å². The van der Waals surface area contributed by atoms with Gasteiger partial charge in [-0.3, -0.25) is 4.79 Å². The summed E-state index contributed by atoms with van der Waals surface area (Å²) < 4.78 is 29.2. The Morgan fingerprint density at radius 2 is 1.50 bits per heavy atom. The Kier molecular flexibility index (Phi) is 18.5. The molecule has 0 unspecified atom stereocenters. The van der Waals surface area contributed by atoms with Gasteiger partial charge in [-0.15, -0.1) is 0 Å². The highest BCUT2D eigenvalue weighted by atomic mass is 32.2. The molecule has 0 fully saturated rings. The summed E-state index contributed by atoms with van der Waals surface area (Å²) in [6.45, 7) is 11.6. The number of benzene rings is 2. The predicted octanol–water partition coefficient (Wildman–Crippen LogP) is 5.01. The van der Waals surface area contributed by atoms with E-state index in [1.807, 2.05) is 44.2 Å². The number of nitrogens with one attached hydrogen (secondary N) is 1. The van der Waals surface area contributed by atoms with Gasteiger partial charge in [0.1, 0.15) is 11.5 Å². The third kappa shape index (κ3) is 13.7. The molecule has 0 spiro atoms. The molecule has 0 amide bonds. The smallest absolute Gasteiger partial charge is 0.293 e. The molecular formula is C23H38N2O4S. The van der Waals surface area contributed by atoms with Crippen LogP contribution in [0.25, 0.3) is 0 Å². The molecule has 2 aromatic rings. The van der Waals surface area contributed by atoms with Gasteiger partial charge < -0.3 is 10.5 Å². The molecule has 0 saturated carbocycles. The number of nitrogens with two attached hydrogens (primary N) is 1. The quantitative estimate of drug-likeness (QED) is 0.468. The van der Waals surface area contributed by atoms with E-state index in [0.29, 0.717) is 13.1 Å². The number of hydrogen-bond donors (Lipinski definition) is 2. The lowest BCUT2D eigenvalue weighted by atomic mass is 10.1. The molecule has 0 saturated heterocycles. The second kappa shape index (κ2) is 18.6. The van der Waals surface area contributed by atoms with Crippen molar-refractivity contribution >= 4 is 22.2 Å². The van der Waals surface area contributed by atoms with Crippen LogP contribution in [-0.4, -0.2) is 21.9 Å². The lowest BCUT2D eigenvalue weighted by Gasteiger charge is -2.04. The van der Waals surface area contributed by atoms with E-state index in [1.165, 1.54) is 26.0 Å². The zero-order chi connectivity index (χ0) is 23.4. The number of rotatable bonds is 7. The number of anilines is 1. The van der Waals surface area contributed by atoms with Gasteiger partial charge in [0, 0.05) is 0 Å². The van der Waals surface area contributed by atoms with E-state index in [4.69, 9.17) is 5.73 Å². The van der Waals surface area contributed by atoms with Gasteiger partial charge in [0.25, 0.3) is 6.47 Å². The number of hydrogen-bond acceptors (Lipinski definition) is 5. The number of sulfonamides is 1. The van der Waals surface area contributed by atoms with Crippen LogP contribution >= 0.6 is 0 Å². The van der Waals surface area contributed by atoms with Crippen LogP contribution in [0.3, 0.4) is 0 Å². The summed E-state index contributed by atoms with van der Waals surface area (Å²) in [6, 6.07) is 15.9. The first kappa shape index (κ1) is 29.8. The molecule has 0 aliphatic rings. The van der Waals surface area contributed by atoms with E-state index in [9.17, 15) is 13.2 Å². The van der Waals surface area contributed by atoms with Crippen LogP contribution in [0.1, 0.15) is 53.0 Å². The lowest BCUT2D eigenvalue weighted by molar-refractivity contribution is -0.129. The Morgan fingerprint density at radius 1 is 1.00 bits per heavy atom. The molecule has 7 heteroatoms. The van der Waals surface area contributed by atoms with Crippen molar-refractivity contribution in [3.8, 4) is 0 Å². The first-order valence-corrected chi connectivity index (χ1v) is 11.7. The first-order chi connectivity index (χ1) is 14.3. The zero-order valence-corrected chi connectivity index (χ0v) is 19.9. The molecule has 0 bridgehead atoms. The molecule has 0 aliphatic heterocycles. The summed E-state index contributed by atoms with van der Waals surface area (Å²) in [7, 11) is -2.05. The van der Waals surface area contributed by atoms with E-state index in [1.54, 1.807) is 18.2 Å². The van der Waals surface area contributed by atoms with Crippen LogP contribution < -0.4 is 10.5 Å². The molecular weight excluding hydrogens is 400 g/mol. The summed E-state index contributed by atoms with van der Waals surface area (Å²) in [4.78, 5) is 9.87. The predicted molar refractivity (Wildman–Crippen MR) is 125 cm³/mol. The molecule has 0 aromatic heterocycles. The van der Waals surface area contributed by atoms with E-state index >= 15 is 0 Å². The van der Waals surface area contributed by atoms with Gasteiger partial charge in [-0.25, -0.2) is 13.1 Å². The van der Waals surface area contributed by atoms with Gasteiger partial charge in [0.2, 0.25) is 10.0 Å². The van der Waals surface area contributed by atoms with Crippen molar-refractivity contribution in [1.29, 1.82) is 0 Å².